The highest BCUT2D eigenvalue weighted by Crippen LogP contribution is 2.42. The Morgan fingerprint density at radius 2 is 1.89 bits per heavy atom. The third-order valence-electron chi connectivity index (χ3n) is 4.08. The molecule has 0 spiro atoms. The zero-order chi connectivity index (χ0) is 12.8. The number of hydrogen-bond donors (Lipinski definition) is 1. The molecule has 4 nitrogen and oxygen atoms in total. The highest BCUT2D eigenvalue weighted by atomic mass is 16.4. The number of nitrogens with zero attached hydrogens (tertiary/aromatic N) is 1. The molecule has 2 aliphatic rings. The van der Waals surface area contributed by atoms with Gasteiger partial charge in [0, 0.05) is 5.69 Å². The molecule has 94 valence electrons. The van der Waals surface area contributed by atoms with Gasteiger partial charge in [0.1, 0.15) is 5.54 Å². The van der Waals surface area contributed by atoms with E-state index in [1.165, 1.54) is 4.90 Å². The highest BCUT2D eigenvalue weighted by Gasteiger charge is 2.51. The summed E-state index contributed by atoms with van der Waals surface area (Å²) in [4.78, 5) is 25.4. The highest BCUT2D eigenvalue weighted by molar-refractivity contribution is 6.07. The van der Waals surface area contributed by atoms with Gasteiger partial charge in [0.15, 0.2) is 0 Å². The van der Waals surface area contributed by atoms with Crippen LogP contribution in [0, 0.1) is 0 Å². The van der Waals surface area contributed by atoms with Gasteiger partial charge in [-0.2, -0.15) is 0 Å². The van der Waals surface area contributed by atoms with E-state index in [4.69, 9.17) is 0 Å². The van der Waals surface area contributed by atoms with Gasteiger partial charge in [0.05, 0.1) is 6.42 Å². The van der Waals surface area contributed by atoms with Crippen molar-refractivity contribution in [1.29, 1.82) is 0 Å². The number of hydrogen-bond acceptors (Lipinski definition) is 2. The second-order valence-corrected chi connectivity index (χ2v) is 5.08. The smallest absolute Gasteiger partial charge is 0.330 e. The molecule has 0 saturated heterocycles. The molecule has 0 radical (unpaired) electrons. The summed E-state index contributed by atoms with van der Waals surface area (Å²) in [5.74, 6) is -0.953. The lowest BCUT2D eigenvalue weighted by Crippen LogP contribution is -2.54. The summed E-state index contributed by atoms with van der Waals surface area (Å²) in [6.07, 6.45) is 3.19. The molecule has 4 heteroatoms. The number of rotatable bonds is 2. The molecule has 18 heavy (non-hydrogen) atoms. The Labute approximate surface area is 105 Å². The lowest BCUT2D eigenvalue weighted by Gasteiger charge is -2.35. The topological polar surface area (TPSA) is 57.6 Å². The maximum atomic E-state index is 12.2. The van der Waals surface area contributed by atoms with Crippen LogP contribution in [-0.4, -0.2) is 22.5 Å². The first-order valence-electron chi connectivity index (χ1n) is 6.29. The molecular formula is C14H15NO3. The van der Waals surface area contributed by atoms with Crippen molar-refractivity contribution >= 4 is 17.6 Å². The molecule has 1 aromatic carbocycles. The van der Waals surface area contributed by atoms with Crippen molar-refractivity contribution in [2.45, 2.75) is 37.6 Å². The Bertz CT molecular complexity index is 518. The van der Waals surface area contributed by atoms with Crippen molar-refractivity contribution in [3.63, 3.8) is 0 Å². The van der Waals surface area contributed by atoms with Crippen LogP contribution in [0.25, 0.3) is 0 Å². The van der Waals surface area contributed by atoms with Gasteiger partial charge in [0.2, 0.25) is 5.91 Å². The standard InChI is InChI=1S/C14H15NO3/c16-12-9-10-5-1-2-6-11(10)15(12)14(13(17)18)7-3-4-8-14/h1-2,5-6H,3-4,7-9H2,(H,17,18). The number of amides is 1. The molecule has 1 fully saturated rings. The molecule has 0 bridgehead atoms. The van der Waals surface area contributed by atoms with Crippen LogP contribution in [0.2, 0.25) is 0 Å². The average molecular weight is 245 g/mol. The minimum atomic E-state index is -1.01. The fourth-order valence-electron chi connectivity index (χ4n) is 3.22. The SMILES string of the molecule is O=C1Cc2ccccc2N1C1(C(=O)O)CCCC1. The number of para-hydroxylation sites is 1. The van der Waals surface area contributed by atoms with Crippen LogP contribution in [0.4, 0.5) is 5.69 Å². The van der Waals surface area contributed by atoms with Crippen molar-refractivity contribution in [2.75, 3.05) is 4.90 Å². The number of carbonyl (C=O) groups excluding carboxylic acids is 1. The van der Waals surface area contributed by atoms with Gasteiger partial charge < -0.3 is 5.11 Å². The fraction of sp³-hybridized carbons (Fsp3) is 0.429. The molecular weight excluding hydrogens is 230 g/mol. The van der Waals surface area contributed by atoms with Gasteiger partial charge in [-0.1, -0.05) is 31.0 Å². The van der Waals surface area contributed by atoms with Crippen LogP contribution in [0.3, 0.4) is 0 Å². The van der Waals surface area contributed by atoms with Crippen LogP contribution < -0.4 is 4.90 Å². The Kier molecular flexibility index (Phi) is 2.40. The second kappa shape index (κ2) is 3.83. The van der Waals surface area contributed by atoms with Crippen molar-refractivity contribution in [2.24, 2.45) is 0 Å². The number of aliphatic carboxylic acids is 1. The van der Waals surface area contributed by atoms with Gasteiger partial charge >= 0.3 is 5.97 Å². The van der Waals surface area contributed by atoms with E-state index in [0.29, 0.717) is 19.3 Å². The molecule has 1 aliphatic heterocycles. The van der Waals surface area contributed by atoms with E-state index in [2.05, 4.69) is 0 Å². The molecule has 1 N–H and O–H groups in total. The van der Waals surface area contributed by atoms with Crippen molar-refractivity contribution in [1.82, 2.24) is 0 Å². The van der Waals surface area contributed by atoms with E-state index in [1.54, 1.807) is 0 Å². The average Bonchev–Trinajstić information content (AvgIpc) is 2.92. The number of carboxylic acids is 1. The minimum absolute atomic E-state index is 0.0829. The summed E-state index contributed by atoms with van der Waals surface area (Å²) >= 11 is 0. The van der Waals surface area contributed by atoms with Crippen molar-refractivity contribution < 1.29 is 14.7 Å². The minimum Gasteiger partial charge on any atom is -0.479 e. The maximum absolute atomic E-state index is 12.2. The molecule has 0 atom stereocenters. The Balaban J connectivity index is 2.11. The van der Waals surface area contributed by atoms with Crippen LogP contribution in [0.15, 0.2) is 24.3 Å². The molecule has 1 saturated carbocycles. The van der Waals surface area contributed by atoms with E-state index in [-0.39, 0.29) is 5.91 Å². The Morgan fingerprint density at radius 3 is 2.56 bits per heavy atom. The van der Waals surface area contributed by atoms with Crippen LogP contribution in [0.5, 0.6) is 0 Å². The van der Waals surface area contributed by atoms with Crippen LogP contribution in [0.1, 0.15) is 31.2 Å². The van der Waals surface area contributed by atoms with Gasteiger partial charge in [-0.05, 0) is 24.5 Å². The molecule has 1 amide bonds. The van der Waals surface area contributed by atoms with Gasteiger partial charge in [-0.3, -0.25) is 9.69 Å². The zero-order valence-corrected chi connectivity index (χ0v) is 10.1. The number of benzene rings is 1. The first-order chi connectivity index (χ1) is 8.65. The number of fused-ring (bicyclic) bond motifs is 1. The molecule has 1 aromatic rings. The predicted molar refractivity (Wildman–Crippen MR) is 66.5 cm³/mol. The third kappa shape index (κ3) is 1.38. The number of carboxylic acid groups (broad SMARTS) is 1. The second-order valence-electron chi connectivity index (χ2n) is 5.08. The first-order valence-corrected chi connectivity index (χ1v) is 6.29. The predicted octanol–water partition coefficient (Wildman–Crippen LogP) is 1.97. The number of carbonyl (C=O) groups is 2. The van der Waals surface area contributed by atoms with Crippen molar-refractivity contribution in [3.05, 3.63) is 29.8 Å². The van der Waals surface area contributed by atoms with Gasteiger partial charge in [-0.15, -0.1) is 0 Å². The maximum Gasteiger partial charge on any atom is 0.330 e. The largest absolute Gasteiger partial charge is 0.479 e. The lowest BCUT2D eigenvalue weighted by molar-refractivity contribution is -0.144. The summed E-state index contributed by atoms with van der Waals surface area (Å²) in [5, 5.41) is 9.57. The summed E-state index contributed by atoms with van der Waals surface area (Å²) in [7, 11) is 0. The molecule has 0 unspecified atom stereocenters. The normalized spacial score (nSPS) is 21.1. The lowest BCUT2D eigenvalue weighted by atomic mass is 9.95. The number of anilines is 1. The quantitative estimate of drug-likeness (QED) is 0.866. The summed E-state index contributed by atoms with van der Waals surface area (Å²) in [5.41, 5.74) is 0.714. The van der Waals surface area contributed by atoms with E-state index in [1.807, 2.05) is 24.3 Å². The monoisotopic (exact) mass is 245 g/mol. The van der Waals surface area contributed by atoms with E-state index in [0.717, 1.165) is 24.1 Å². The molecule has 1 aliphatic carbocycles. The van der Waals surface area contributed by atoms with Gasteiger partial charge in [0.25, 0.3) is 0 Å². The summed E-state index contributed by atoms with van der Waals surface area (Å²) < 4.78 is 0. The van der Waals surface area contributed by atoms with E-state index in [9.17, 15) is 14.7 Å². The molecule has 1 heterocycles. The Morgan fingerprint density at radius 1 is 1.22 bits per heavy atom. The van der Waals surface area contributed by atoms with E-state index >= 15 is 0 Å². The summed E-state index contributed by atoms with van der Waals surface area (Å²) in [6.45, 7) is 0. The summed E-state index contributed by atoms with van der Waals surface area (Å²) in [6, 6.07) is 7.49. The fourth-order valence-corrected chi connectivity index (χ4v) is 3.22. The van der Waals surface area contributed by atoms with E-state index < -0.39 is 11.5 Å². The van der Waals surface area contributed by atoms with Gasteiger partial charge in [-0.25, -0.2) is 4.79 Å². The van der Waals surface area contributed by atoms with Crippen molar-refractivity contribution in [3.8, 4) is 0 Å². The molecule has 0 aromatic heterocycles. The van der Waals surface area contributed by atoms with Crippen LogP contribution >= 0.6 is 0 Å². The third-order valence-corrected chi connectivity index (χ3v) is 4.08. The first kappa shape index (κ1) is 11.3. The van der Waals surface area contributed by atoms with Crippen LogP contribution in [-0.2, 0) is 16.0 Å². The zero-order valence-electron chi connectivity index (χ0n) is 10.1. The Hall–Kier alpha value is -1.84. The molecule has 3 rings (SSSR count).